The molecule has 0 bridgehead atoms. The van der Waals surface area contributed by atoms with E-state index in [-0.39, 0.29) is 0 Å². The monoisotopic (exact) mass is 337 g/mol. The summed E-state index contributed by atoms with van der Waals surface area (Å²) in [5.74, 6) is 2.59. The number of aryl methyl sites for hydroxylation is 1. The molecule has 0 spiro atoms. The third-order valence-electron chi connectivity index (χ3n) is 4.03. The average Bonchev–Trinajstić information content (AvgIpc) is 2.88. The molecule has 1 aromatic rings. The third-order valence-corrected chi connectivity index (χ3v) is 4.03. The second kappa shape index (κ2) is 9.58. The Kier molecular flexibility index (Phi) is 7.45. The number of nitrogens with one attached hydrogen (secondary N) is 2. The first kappa shape index (κ1) is 18.7. The van der Waals surface area contributed by atoms with E-state index in [4.69, 9.17) is 4.74 Å². The minimum Gasteiger partial charge on any atom is -0.379 e. The van der Waals surface area contributed by atoms with Crippen LogP contribution in [0.3, 0.4) is 0 Å². The summed E-state index contributed by atoms with van der Waals surface area (Å²) >= 11 is 0. The lowest BCUT2D eigenvalue weighted by molar-refractivity contribution is 0.0376. The van der Waals surface area contributed by atoms with Crippen molar-refractivity contribution in [1.29, 1.82) is 0 Å². The van der Waals surface area contributed by atoms with Gasteiger partial charge in [0.15, 0.2) is 11.8 Å². The van der Waals surface area contributed by atoms with Crippen LogP contribution in [-0.2, 0) is 18.3 Å². The van der Waals surface area contributed by atoms with Gasteiger partial charge in [-0.15, -0.1) is 10.2 Å². The molecule has 8 heteroatoms. The zero-order chi connectivity index (χ0) is 17.4. The molecule has 24 heavy (non-hydrogen) atoms. The number of hydrogen-bond donors (Lipinski definition) is 2. The van der Waals surface area contributed by atoms with Crippen molar-refractivity contribution in [3.63, 3.8) is 0 Å². The molecule has 0 saturated carbocycles. The molecule has 0 unspecified atom stereocenters. The van der Waals surface area contributed by atoms with E-state index in [1.165, 1.54) is 0 Å². The number of hydrogen-bond acceptors (Lipinski definition) is 5. The van der Waals surface area contributed by atoms with Gasteiger partial charge in [-0.2, -0.15) is 0 Å². The Labute approximate surface area is 144 Å². The van der Waals surface area contributed by atoms with E-state index >= 15 is 0 Å². The van der Waals surface area contributed by atoms with Crippen LogP contribution in [0, 0.1) is 6.92 Å². The first-order valence-electron chi connectivity index (χ1n) is 8.76. The van der Waals surface area contributed by atoms with E-state index < -0.39 is 0 Å². The van der Waals surface area contributed by atoms with Crippen molar-refractivity contribution in [2.75, 3.05) is 39.4 Å². The zero-order valence-corrected chi connectivity index (χ0v) is 15.4. The van der Waals surface area contributed by atoms with Crippen molar-refractivity contribution in [3.05, 3.63) is 11.6 Å². The van der Waals surface area contributed by atoms with Crippen LogP contribution in [0.4, 0.5) is 0 Å². The molecule has 2 rings (SSSR count). The van der Waals surface area contributed by atoms with Crippen LogP contribution in [0.2, 0.25) is 0 Å². The highest BCUT2D eigenvalue weighted by atomic mass is 16.5. The van der Waals surface area contributed by atoms with Gasteiger partial charge in [-0.1, -0.05) is 0 Å². The first-order chi connectivity index (χ1) is 11.6. The van der Waals surface area contributed by atoms with E-state index in [1.807, 2.05) is 18.5 Å². The molecule has 0 atom stereocenters. The van der Waals surface area contributed by atoms with Crippen molar-refractivity contribution in [2.45, 2.75) is 39.8 Å². The van der Waals surface area contributed by atoms with Crippen LogP contribution in [0.15, 0.2) is 4.99 Å². The summed E-state index contributed by atoms with van der Waals surface area (Å²) in [4.78, 5) is 7.07. The van der Waals surface area contributed by atoms with E-state index in [2.05, 4.69) is 44.6 Å². The largest absolute Gasteiger partial charge is 0.379 e. The third kappa shape index (κ3) is 6.09. The van der Waals surface area contributed by atoms with Crippen LogP contribution < -0.4 is 10.6 Å². The summed E-state index contributed by atoms with van der Waals surface area (Å²) in [7, 11) is 1.96. The summed E-state index contributed by atoms with van der Waals surface area (Å²) in [5, 5.41) is 15.0. The van der Waals surface area contributed by atoms with Gasteiger partial charge in [0.2, 0.25) is 0 Å². The Hall–Kier alpha value is -1.67. The van der Waals surface area contributed by atoms with Gasteiger partial charge in [-0.25, -0.2) is 4.99 Å². The number of nitrogens with zero attached hydrogens (tertiary/aromatic N) is 5. The fourth-order valence-electron chi connectivity index (χ4n) is 2.50. The molecule has 8 nitrogen and oxygen atoms in total. The van der Waals surface area contributed by atoms with Crippen LogP contribution >= 0.6 is 0 Å². The van der Waals surface area contributed by atoms with Crippen molar-refractivity contribution in [3.8, 4) is 0 Å². The molecule has 2 N–H and O–H groups in total. The number of rotatable bonds is 7. The molecule has 0 radical (unpaired) electrons. The molecule has 1 fully saturated rings. The molecular formula is C16H31N7O. The summed E-state index contributed by atoms with van der Waals surface area (Å²) in [6, 6.07) is 0.330. The van der Waals surface area contributed by atoms with Gasteiger partial charge < -0.3 is 19.9 Å². The normalized spacial score (nSPS) is 16.6. The maximum atomic E-state index is 5.37. The lowest BCUT2D eigenvalue weighted by Gasteiger charge is -2.26. The second-order valence-electron chi connectivity index (χ2n) is 6.42. The van der Waals surface area contributed by atoms with Crippen molar-refractivity contribution in [2.24, 2.45) is 12.0 Å². The molecule has 0 aliphatic carbocycles. The van der Waals surface area contributed by atoms with Gasteiger partial charge in [0.1, 0.15) is 12.4 Å². The quantitative estimate of drug-likeness (QED) is 0.423. The molecule has 1 saturated heterocycles. The zero-order valence-electron chi connectivity index (χ0n) is 15.4. The highest BCUT2D eigenvalue weighted by Gasteiger charge is 2.10. The summed E-state index contributed by atoms with van der Waals surface area (Å²) in [6.07, 6.45) is 1.09. The van der Waals surface area contributed by atoms with Crippen LogP contribution in [-0.4, -0.2) is 71.1 Å². The molecule has 0 aromatic carbocycles. The smallest absolute Gasteiger partial charge is 0.191 e. The lowest BCUT2D eigenvalue weighted by atomic mass is 10.3. The molecule has 2 heterocycles. The minimum atomic E-state index is 0.330. The Morgan fingerprint density at radius 3 is 2.67 bits per heavy atom. The van der Waals surface area contributed by atoms with Crippen molar-refractivity contribution in [1.82, 2.24) is 30.3 Å². The van der Waals surface area contributed by atoms with Gasteiger partial charge in [-0.05, 0) is 33.7 Å². The Morgan fingerprint density at radius 1 is 1.29 bits per heavy atom. The number of guanidine groups is 1. The summed E-state index contributed by atoms with van der Waals surface area (Å²) < 4.78 is 7.34. The predicted octanol–water partition coefficient (Wildman–Crippen LogP) is 0.289. The Bertz CT molecular complexity index is 520. The van der Waals surface area contributed by atoms with Crippen molar-refractivity contribution >= 4 is 5.96 Å². The standard InChI is InChI=1S/C16H31N7O/c1-13(2)19-16(18-12-15-21-20-14(3)22(15)4)17-6-5-7-23-8-10-24-11-9-23/h13H,5-12H2,1-4H3,(H2,17,18,19). The second-order valence-corrected chi connectivity index (χ2v) is 6.42. The predicted molar refractivity (Wildman–Crippen MR) is 95.0 cm³/mol. The van der Waals surface area contributed by atoms with E-state index in [1.54, 1.807) is 0 Å². The highest BCUT2D eigenvalue weighted by molar-refractivity contribution is 5.79. The van der Waals surface area contributed by atoms with Gasteiger partial charge in [0, 0.05) is 32.7 Å². The van der Waals surface area contributed by atoms with E-state index in [0.717, 1.165) is 63.4 Å². The summed E-state index contributed by atoms with van der Waals surface area (Å²) in [6.45, 7) is 12.4. The van der Waals surface area contributed by atoms with Crippen LogP contribution in [0.25, 0.3) is 0 Å². The molecule has 1 aromatic heterocycles. The van der Waals surface area contributed by atoms with Gasteiger partial charge in [0.05, 0.1) is 13.2 Å². The number of aromatic nitrogens is 3. The van der Waals surface area contributed by atoms with Gasteiger partial charge in [-0.3, -0.25) is 4.90 Å². The van der Waals surface area contributed by atoms with E-state index in [9.17, 15) is 0 Å². The van der Waals surface area contributed by atoms with E-state index in [0.29, 0.717) is 12.6 Å². The molecule has 1 aliphatic rings. The Balaban J connectivity index is 1.78. The van der Waals surface area contributed by atoms with Gasteiger partial charge in [0.25, 0.3) is 0 Å². The number of aliphatic imine (C=N–C) groups is 1. The molecule has 0 amide bonds. The maximum absolute atomic E-state index is 5.37. The number of morpholine rings is 1. The summed E-state index contributed by atoms with van der Waals surface area (Å²) in [5.41, 5.74) is 0. The van der Waals surface area contributed by atoms with Crippen LogP contribution in [0.5, 0.6) is 0 Å². The molecular weight excluding hydrogens is 306 g/mol. The lowest BCUT2D eigenvalue weighted by Crippen LogP contribution is -2.43. The SMILES string of the molecule is Cc1nnc(CN=C(NCCCN2CCOCC2)NC(C)C)n1C. The fraction of sp³-hybridized carbons (Fsp3) is 0.812. The minimum absolute atomic E-state index is 0.330. The van der Waals surface area contributed by atoms with Gasteiger partial charge >= 0.3 is 0 Å². The maximum Gasteiger partial charge on any atom is 0.191 e. The molecule has 1 aliphatic heterocycles. The molecule has 136 valence electrons. The highest BCUT2D eigenvalue weighted by Crippen LogP contribution is 2.00. The topological polar surface area (TPSA) is 79.6 Å². The average molecular weight is 337 g/mol. The number of ether oxygens (including phenoxy) is 1. The Morgan fingerprint density at radius 2 is 2.04 bits per heavy atom. The van der Waals surface area contributed by atoms with Crippen molar-refractivity contribution < 1.29 is 4.74 Å². The fourth-order valence-corrected chi connectivity index (χ4v) is 2.50. The first-order valence-corrected chi connectivity index (χ1v) is 8.76. The van der Waals surface area contributed by atoms with Crippen LogP contribution in [0.1, 0.15) is 31.9 Å².